The number of alkyl halides is 3. The molecule has 0 aliphatic carbocycles. The van der Waals surface area contributed by atoms with Gasteiger partial charge in [0.2, 0.25) is 23.6 Å². The number of hydrogen-bond acceptors (Lipinski definition) is 15. The lowest BCUT2D eigenvalue weighted by atomic mass is 10.1. The number of ether oxygens (including phenoxy) is 1. The molecule has 70 heavy (non-hydrogen) atoms. The normalized spacial score (nSPS) is 17.0. The third-order valence-corrected chi connectivity index (χ3v) is 13.2. The quantitative estimate of drug-likeness (QED) is 0.0365. The van der Waals surface area contributed by atoms with Crippen LogP contribution in [0.15, 0.2) is 65.3 Å². The van der Waals surface area contributed by atoms with Gasteiger partial charge in [0.1, 0.15) is 46.5 Å². The molecule has 3 heterocycles. The number of primary amides is 1. The fraction of sp³-hybridized carbons (Fsp3) is 0.489. The molecule has 1 fully saturated rings. The number of thioether (sulfide) groups is 1. The zero-order valence-corrected chi connectivity index (χ0v) is 40.1. The van der Waals surface area contributed by atoms with Crippen molar-refractivity contribution in [3.63, 3.8) is 0 Å². The van der Waals surface area contributed by atoms with E-state index in [1.165, 1.54) is 34.1 Å². The molecule has 4 atom stereocenters. The summed E-state index contributed by atoms with van der Waals surface area (Å²) in [7, 11) is 3.71. The van der Waals surface area contributed by atoms with E-state index in [9.17, 15) is 56.9 Å². The Morgan fingerprint density at radius 1 is 1.00 bits per heavy atom. The van der Waals surface area contributed by atoms with Gasteiger partial charge in [-0.05, 0) is 95.8 Å². The van der Waals surface area contributed by atoms with Crippen molar-refractivity contribution in [2.75, 3.05) is 44.8 Å². The zero-order valence-electron chi connectivity index (χ0n) is 38.5. The minimum absolute atomic E-state index is 0.00267. The smallest absolute Gasteiger partial charge is 0.445 e. The summed E-state index contributed by atoms with van der Waals surface area (Å²) >= 11 is 2.57. The lowest BCUT2D eigenvalue weighted by molar-refractivity contribution is -0.173. The van der Waals surface area contributed by atoms with Gasteiger partial charge in [-0.15, -0.1) is 23.1 Å². The number of rotatable bonds is 24. The monoisotopic (exact) mass is 1020 g/mol. The number of aromatic nitrogens is 1. The molecule has 0 spiro atoms. The minimum Gasteiger partial charge on any atom is -0.445 e. The molecule has 2 aliphatic rings. The maximum atomic E-state index is 14.2. The first-order valence-corrected chi connectivity index (χ1v) is 24.3. The molecule has 0 saturated carbocycles. The number of anilines is 1. The number of nitrogens with one attached hydrogen (secondary N) is 5. The maximum Gasteiger partial charge on any atom is 0.471 e. The topological polar surface area (TPSA) is 287 Å². The highest BCUT2D eigenvalue weighted by molar-refractivity contribution is 8.15. The number of unbranched alkanes of at least 4 members (excludes halogenated alkanes) is 2. The van der Waals surface area contributed by atoms with Gasteiger partial charge in [-0.25, -0.2) is 9.78 Å². The number of carbonyl (C=O) groups is 7. The van der Waals surface area contributed by atoms with E-state index in [1.54, 1.807) is 53.8 Å². The molecule has 0 radical (unpaired) electrons. The summed E-state index contributed by atoms with van der Waals surface area (Å²) in [6.07, 6.45) is -5.30. The van der Waals surface area contributed by atoms with E-state index in [-0.39, 0.29) is 70.3 Å². The Labute approximate surface area is 409 Å². The molecule has 0 unspecified atom stereocenters. The van der Waals surface area contributed by atoms with Gasteiger partial charge in [0.25, 0.3) is 5.91 Å². The van der Waals surface area contributed by atoms with E-state index >= 15 is 0 Å². The highest BCUT2D eigenvalue weighted by atomic mass is 32.2. The number of nitrogens with zero attached hydrogens (tertiary/aromatic N) is 4. The molecule has 2 aromatic carbocycles. The second-order valence-corrected chi connectivity index (χ2v) is 18.7. The van der Waals surface area contributed by atoms with E-state index in [1.807, 2.05) is 19.0 Å². The Kier molecular flexibility index (Phi) is 20.5. The first-order chi connectivity index (χ1) is 33.3. The van der Waals surface area contributed by atoms with Crippen LogP contribution in [0.2, 0.25) is 0 Å². The van der Waals surface area contributed by atoms with Crippen molar-refractivity contribution in [1.82, 2.24) is 36.1 Å². The number of alkyl carbamates (subject to hydrolysis) is 1. The van der Waals surface area contributed by atoms with Crippen molar-refractivity contribution < 1.29 is 61.7 Å². The third-order valence-electron chi connectivity index (χ3n) is 10.9. The van der Waals surface area contributed by atoms with Crippen LogP contribution in [0.3, 0.4) is 0 Å². The van der Waals surface area contributed by atoms with Gasteiger partial charge in [0.15, 0.2) is 6.29 Å². The zero-order chi connectivity index (χ0) is 51.0. The second kappa shape index (κ2) is 26.2. The number of halogens is 3. The number of carbonyl (C=O) groups excluding carboxylic acids is 7. The molecule has 7 amide bonds. The van der Waals surface area contributed by atoms with Gasteiger partial charge in [-0.2, -0.15) is 13.2 Å². The SMILES string of the molecule is CN(C)CCC/C=C(/NC(=O)[C@@H]1CCCN1C(=O)[C@H](CCC(N)=O)NC(=O)OCc1ccccc1)C(=O)N[C@@H](CCCCNC(=O)C(F)(F)F)C(=O)Nc1ccc2nc(C3=N[C@@H](C(O)O)CS3)sc2c1. The van der Waals surface area contributed by atoms with Crippen LogP contribution in [-0.4, -0.2) is 148 Å². The van der Waals surface area contributed by atoms with E-state index in [0.29, 0.717) is 56.7 Å². The van der Waals surface area contributed by atoms with Crippen LogP contribution in [0.5, 0.6) is 0 Å². The van der Waals surface area contributed by atoms with Crippen LogP contribution in [0.25, 0.3) is 10.2 Å². The van der Waals surface area contributed by atoms with Crippen LogP contribution in [0, 0.1) is 0 Å². The fourth-order valence-corrected chi connectivity index (χ4v) is 9.44. The number of likely N-dealkylation sites (tertiary alicyclic amines) is 1. The molecular formula is C45H57F3N10O10S2. The van der Waals surface area contributed by atoms with Gasteiger partial charge in [0.05, 0.1) is 10.2 Å². The van der Waals surface area contributed by atoms with E-state index in [2.05, 4.69) is 31.2 Å². The number of benzene rings is 2. The number of thiazole rings is 1. The number of allylic oxidation sites excluding steroid dienone is 1. The molecule has 9 N–H and O–H groups in total. The predicted molar refractivity (Wildman–Crippen MR) is 255 cm³/mol. The van der Waals surface area contributed by atoms with Gasteiger partial charge < -0.3 is 57.1 Å². The summed E-state index contributed by atoms with van der Waals surface area (Å²) < 4.78 is 44.4. The summed E-state index contributed by atoms with van der Waals surface area (Å²) in [5.41, 5.74) is 6.70. The standard InChI is InChI=1S/C45H57F3N10O10S2/c1-57(2)21-9-7-14-30(53-38(62)33-15-10-22-58(33)41(63)31(18-19-35(49)59)56-44(67)68-24-26-11-4-3-5-12-26)37(61)52-29(13-6-8-20-50-43(66)45(46,47)48)36(60)51-27-16-17-28-34(23-27)70-40(54-28)39-55-32(25-69-39)42(64)65/h3-5,11-12,14,16-17,23,29,31-33,42,64-65H,6-10,13,15,18-22,24-25H2,1-2H3,(H2,49,59)(H,50,66)(H,51,60)(H,52,61)(H,53,62)(H,56,67)/b30-14+/t29-,31-,32+,33-/m0/s1. The third kappa shape index (κ3) is 16.8. The Hall–Kier alpha value is -6.15. The summed E-state index contributed by atoms with van der Waals surface area (Å²) in [6.45, 7) is 0.233. The highest BCUT2D eigenvalue weighted by Crippen LogP contribution is 2.32. The number of nitrogens with two attached hydrogens (primary N) is 1. The van der Waals surface area contributed by atoms with Crippen molar-refractivity contribution in [1.29, 1.82) is 0 Å². The van der Waals surface area contributed by atoms with Crippen molar-refractivity contribution in [2.24, 2.45) is 10.7 Å². The van der Waals surface area contributed by atoms with Crippen LogP contribution < -0.4 is 32.3 Å². The molecule has 2 aliphatic heterocycles. The Bertz CT molecular complexity index is 2400. The molecule has 1 aromatic heterocycles. The highest BCUT2D eigenvalue weighted by Gasteiger charge is 2.40. The Morgan fingerprint density at radius 2 is 1.76 bits per heavy atom. The van der Waals surface area contributed by atoms with E-state index < -0.39 is 78.2 Å². The molecule has 3 aromatic rings. The first-order valence-electron chi connectivity index (χ1n) is 22.4. The molecule has 20 nitrogen and oxygen atoms in total. The predicted octanol–water partition coefficient (Wildman–Crippen LogP) is 2.63. The molecule has 0 bridgehead atoms. The lowest BCUT2D eigenvalue weighted by Crippen LogP contribution is -2.54. The summed E-state index contributed by atoms with van der Waals surface area (Å²) in [5.74, 6) is -5.53. The minimum atomic E-state index is -5.09. The van der Waals surface area contributed by atoms with Crippen molar-refractivity contribution in [3.05, 3.63) is 70.9 Å². The molecule has 1 saturated heterocycles. The second-order valence-electron chi connectivity index (χ2n) is 16.7. The number of aliphatic hydroxyl groups is 2. The van der Waals surface area contributed by atoms with Crippen LogP contribution in [-0.2, 0) is 40.1 Å². The Morgan fingerprint density at radius 3 is 2.44 bits per heavy atom. The van der Waals surface area contributed by atoms with Gasteiger partial charge in [-0.3, -0.25) is 33.8 Å². The van der Waals surface area contributed by atoms with Crippen molar-refractivity contribution >= 4 is 85.6 Å². The Balaban J connectivity index is 1.32. The summed E-state index contributed by atoms with van der Waals surface area (Å²) in [5, 5.41) is 32.5. The number of fused-ring (bicyclic) bond motifs is 1. The summed E-state index contributed by atoms with van der Waals surface area (Å²) in [6, 6.07) is 9.19. The average molecular weight is 1020 g/mol. The van der Waals surface area contributed by atoms with Gasteiger partial charge in [0, 0.05) is 31.0 Å². The number of amides is 7. The number of hydrogen-bond donors (Lipinski definition) is 8. The fourth-order valence-electron chi connectivity index (χ4n) is 7.29. The van der Waals surface area contributed by atoms with Gasteiger partial charge in [-0.1, -0.05) is 36.4 Å². The van der Waals surface area contributed by atoms with Crippen LogP contribution in [0.1, 0.15) is 68.4 Å². The maximum absolute atomic E-state index is 14.2. The molecule has 5 rings (SSSR count). The number of aliphatic imine (C=N–C) groups is 1. The molecule has 25 heteroatoms. The van der Waals surface area contributed by atoms with E-state index in [4.69, 9.17) is 10.5 Å². The molecule has 380 valence electrons. The van der Waals surface area contributed by atoms with Crippen LogP contribution >= 0.6 is 23.1 Å². The molecular weight excluding hydrogens is 962 g/mol. The van der Waals surface area contributed by atoms with Crippen LogP contribution in [0.4, 0.5) is 23.7 Å². The summed E-state index contributed by atoms with van der Waals surface area (Å²) in [4.78, 5) is 104. The average Bonchev–Trinajstić information content (AvgIpc) is 4.10. The first kappa shape index (κ1) is 54.8. The van der Waals surface area contributed by atoms with Crippen molar-refractivity contribution in [3.8, 4) is 0 Å². The lowest BCUT2D eigenvalue weighted by Gasteiger charge is -2.29. The van der Waals surface area contributed by atoms with E-state index in [0.717, 1.165) is 0 Å². The number of aliphatic hydroxyl groups excluding tert-OH is 1. The largest absolute Gasteiger partial charge is 0.471 e. The van der Waals surface area contributed by atoms with Crippen molar-refractivity contribution in [2.45, 2.75) is 101 Å². The van der Waals surface area contributed by atoms with Gasteiger partial charge >= 0.3 is 18.2 Å².